The maximum atomic E-state index is 5.82. The molecule has 5 nitrogen and oxygen atoms in total. The maximum absolute atomic E-state index is 5.82. The van der Waals surface area contributed by atoms with Crippen molar-refractivity contribution in [1.82, 2.24) is 14.9 Å². The number of hydrogen-bond acceptors (Lipinski definition) is 5. The highest BCUT2D eigenvalue weighted by atomic mass is 35.5. The van der Waals surface area contributed by atoms with Gasteiger partial charge in [-0.25, -0.2) is 4.98 Å². The molecule has 0 amide bonds. The molecule has 2 aromatic heterocycles. The third kappa shape index (κ3) is 2.28. The second-order valence-electron chi connectivity index (χ2n) is 4.50. The Bertz CT molecular complexity index is 556. The highest BCUT2D eigenvalue weighted by Crippen LogP contribution is 2.21. The Hall–Kier alpha value is -1.33. The average molecular weight is 267 g/mol. The topological polar surface area (TPSA) is 54.2 Å². The molecular formula is C12H15ClN4O. The normalized spacial score (nSPS) is 20.7. The number of oxazole rings is 1. The molecule has 0 spiro atoms. The molecule has 6 heteroatoms. The van der Waals surface area contributed by atoms with Crippen LogP contribution in [0.15, 0.2) is 16.5 Å². The van der Waals surface area contributed by atoms with Crippen LogP contribution in [-0.4, -0.2) is 40.5 Å². The molecule has 1 aliphatic rings. The minimum absolute atomic E-state index is 0.397. The summed E-state index contributed by atoms with van der Waals surface area (Å²) >= 11 is 5.82. The molecule has 1 unspecified atom stereocenters. The lowest BCUT2D eigenvalue weighted by molar-refractivity contribution is 0.355. The van der Waals surface area contributed by atoms with Gasteiger partial charge < -0.3 is 14.6 Å². The van der Waals surface area contributed by atoms with Crippen LogP contribution in [-0.2, 0) is 0 Å². The minimum Gasteiger partial charge on any atom is -0.422 e. The van der Waals surface area contributed by atoms with Crippen LogP contribution in [0.25, 0.3) is 11.2 Å². The summed E-state index contributed by atoms with van der Waals surface area (Å²) < 4.78 is 5.59. The molecule has 3 heterocycles. The van der Waals surface area contributed by atoms with Gasteiger partial charge in [0.25, 0.3) is 6.01 Å². The number of pyridine rings is 1. The zero-order valence-corrected chi connectivity index (χ0v) is 10.9. The number of likely N-dealkylation sites (N-methyl/N-ethyl adjacent to an activating group) is 1. The lowest BCUT2D eigenvalue weighted by Crippen LogP contribution is -2.26. The van der Waals surface area contributed by atoms with Crippen LogP contribution in [0.3, 0.4) is 0 Å². The Morgan fingerprint density at radius 1 is 1.50 bits per heavy atom. The molecule has 0 saturated carbocycles. The van der Waals surface area contributed by atoms with Gasteiger partial charge in [-0.1, -0.05) is 18.5 Å². The predicted octanol–water partition coefficient (Wildman–Crippen LogP) is 2.38. The van der Waals surface area contributed by atoms with Gasteiger partial charge in [0.05, 0.1) is 0 Å². The number of rotatable bonds is 3. The Labute approximate surface area is 110 Å². The monoisotopic (exact) mass is 266 g/mol. The quantitative estimate of drug-likeness (QED) is 0.865. The summed E-state index contributed by atoms with van der Waals surface area (Å²) in [6.45, 7) is 5.42. The van der Waals surface area contributed by atoms with Crippen molar-refractivity contribution >= 4 is 28.8 Å². The molecule has 96 valence electrons. The Morgan fingerprint density at radius 3 is 3.17 bits per heavy atom. The zero-order chi connectivity index (χ0) is 12.5. The average Bonchev–Trinajstić information content (AvgIpc) is 2.95. The van der Waals surface area contributed by atoms with E-state index in [1.807, 2.05) is 0 Å². The number of nitrogens with zero attached hydrogens (tertiary/aromatic N) is 3. The van der Waals surface area contributed by atoms with E-state index in [-0.39, 0.29) is 0 Å². The van der Waals surface area contributed by atoms with Crippen LogP contribution in [0.2, 0.25) is 5.15 Å². The van der Waals surface area contributed by atoms with Crippen molar-refractivity contribution in [1.29, 1.82) is 0 Å². The van der Waals surface area contributed by atoms with E-state index < -0.39 is 0 Å². The molecule has 1 fully saturated rings. The van der Waals surface area contributed by atoms with E-state index in [0.717, 1.165) is 26.1 Å². The van der Waals surface area contributed by atoms with Gasteiger partial charge in [0, 0.05) is 19.1 Å². The van der Waals surface area contributed by atoms with Crippen molar-refractivity contribution in [2.75, 3.05) is 25.0 Å². The summed E-state index contributed by atoms with van der Waals surface area (Å²) in [4.78, 5) is 10.8. The highest BCUT2D eigenvalue weighted by molar-refractivity contribution is 6.29. The molecule has 0 aromatic carbocycles. The fourth-order valence-corrected chi connectivity index (χ4v) is 2.41. The first kappa shape index (κ1) is 11.7. The molecule has 3 rings (SSSR count). The van der Waals surface area contributed by atoms with Gasteiger partial charge in [-0.3, -0.25) is 0 Å². The largest absolute Gasteiger partial charge is 0.422 e. The van der Waals surface area contributed by atoms with Gasteiger partial charge >= 0.3 is 0 Å². The molecule has 1 atom stereocenters. The van der Waals surface area contributed by atoms with Crippen molar-refractivity contribution in [2.45, 2.75) is 19.4 Å². The van der Waals surface area contributed by atoms with Crippen molar-refractivity contribution in [3.8, 4) is 0 Å². The Balaban J connectivity index is 1.75. The van der Waals surface area contributed by atoms with Crippen LogP contribution >= 0.6 is 11.6 Å². The van der Waals surface area contributed by atoms with Crippen LogP contribution in [0.1, 0.15) is 13.3 Å². The lowest BCUT2D eigenvalue weighted by atomic mass is 10.3. The van der Waals surface area contributed by atoms with Crippen molar-refractivity contribution in [3.05, 3.63) is 17.3 Å². The zero-order valence-electron chi connectivity index (χ0n) is 10.2. The second kappa shape index (κ2) is 4.74. The summed E-state index contributed by atoms with van der Waals surface area (Å²) in [5.74, 6) is 0. The first-order chi connectivity index (χ1) is 8.74. The van der Waals surface area contributed by atoms with E-state index in [1.54, 1.807) is 12.1 Å². The van der Waals surface area contributed by atoms with E-state index >= 15 is 0 Å². The minimum atomic E-state index is 0.397. The number of nitrogens with one attached hydrogen (secondary N) is 1. The van der Waals surface area contributed by atoms with Crippen molar-refractivity contribution in [2.24, 2.45) is 0 Å². The van der Waals surface area contributed by atoms with E-state index in [1.165, 1.54) is 0 Å². The van der Waals surface area contributed by atoms with Gasteiger partial charge in [0.2, 0.25) is 5.65 Å². The van der Waals surface area contributed by atoms with Gasteiger partial charge in [-0.2, -0.15) is 4.98 Å². The number of hydrogen-bond donors (Lipinski definition) is 1. The van der Waals surface area contributed by atoms with Gasteiger partial charge in [-0.05, 0) is 25.1 Å². The van der Waals surface area contributed by atoms with E-state index in [9.17, 15) is 0 Å². The first-order valence-corrected chi connectivity index (χ1v) is 6.54. The third-order valence-corrected chi connectivity index (χ3v) is 3.48. The summed E-state index contributed by atoms with van der Waals surface area (Å²) in [6, 6.07) is 4.42. The molecule has 1 saturated heterocycles. The predicted molar refractivity (Wildman–Crippen MR) is 71.0 cm³/mol. The second-order valence-corrected chi connectivity index (χ2v) is 4.89. The molecule has 0 radical (unpaired) electrons. The fourth-order valence-electron chi connectivity index (χ4n) is 2.27. The van der Waals surface area contributed by atoms with E-state index in [2.05, 4.69) is 27.1 Å². The van der Waals surface area contributed by atoms with E-state index in [0.29, 0.717) is 28.4 Å². The summed E-state index contributed by atoms with van der Waals surface area (Å²) in [7, 11) is 0. The maximum Gasteiger partial charge on any atom is 0.297 e. The van der Waals surface area contributed by atoms with Crippen molar-refractivity contribution in [3.63, 3.8) is 0 Å². The SMILES string of the molecule is CCN1CCC(Nc2nc3nc(Cl)ccc3o2)C1. The van der Waals surface area contributed by atoms with Gasteiger partial charge in [0.1, 0.15) is 5.15 Å². The number of aromatic nitrogens is 2. The third-order valence-electron chi connectivity index (χ3n) is 3.27. The molecule has 0 aliphatic carbocycles. The van der Waals surface area contributed by atoms with Crippen molar-refractivity contribution < 1.29 is 4.42 Å². The summed E-state index contributed by atoms with van der Waals surface area (Å²) in [5, 5.41) is 3.74. The highest BCUT2D eigenvalue weighted by Gasteiger charge is 2.22. The Morgan fingerprint density at radius 2 is 2.39 bits per heavy atom. The number of anilines is 1. The standard InChI is InChI=1S/C12H15ClN4O/c1-2-17-6-5-8(7-17)14-12-16-11-9(18-12)3-4-10(13)15-11/h3-4,8H,2,5-7H2,1H3,(H,14,15,16). The van der Waals surface area contributed by atoms with Crippen LogP contribution in [0.4, 0.5) is 6.01 Å². The van der Waals surface area contributed by atoms with Gasteiger partial charge in [0.15, 0.2) is 5.58 Å². The van der Waals surface area contributed by atoms with Crippen LogP contribution in [0, 0.1) is 0 Å². The molecule has 1 aliphatic heterocycles. The summed E-state index contributed by atoms with van der Waals surface area (Å²) in [5.41, 5.74) is 1.21. The molecule has 1 N–H and O–H groups in total. The first-order valence-electron chi connectivity index (χ1n) is 6.16. The van der Waals surface area contributed by atoms with Gasteiger partial charge in [-0.15, -0.1) is 0 Å². The number of fused-ring (bicyclic) bond motifs is 1. The molecular weight excluding hydrogens is 252 g/mol. The molecule has 0 bridgehead atoms. The fraction of sp³-hybridized carbons (Fsp3) is 0.500. The Kier molecular flexibility index (Phi) is 3.09. The van der Waals surface area contributed by atoms with E-state index in [4.69, 9.17) is 16.0 Å². The summed E-state index contributed by atoms with van der Waals surface area (Å²) in [6.07, 6.45) is 1.11. The molecule has 18 heavy (non-hydrogen) atoms. The van der Waals surface area contributed by atoms with Crippen LogP contribution < -0.4 is 5.32 Å². The van der Waals surface area contributed by atoms with Crippen LogP contribution in [0.5, 0.6) is 0 Å². The smallest absolute Gasteiger partial charge is 0.297 e. The number of halogens is 1. The molecule has 2 aromatic rings. The lowest BCUT2D eigenvalue weighted by Gasteiger charge is -2.12. The number of likely N-dealkylation sites (tertiary alicyclic amines) is 1.